The molecule has 0 N–H and O–H groups in total. The first-order valence-electron chi connectivity index (χ1n) is 10.1. The molecule has 0 saturated carbocycles. The molecule has 1 aromatic heterocycles. The first-order chi connectivity index (χ1) is 14.8. The van der Waals surface area contributed by atoms with Crippen LogP contribution in [0.2, 0.25) is 0 Å². The Morgan fingerprint density at radius 3 is 2.48 bits per heavy atom. The van der Waals surface area contributed by atoms with Gasteiger partial charge in [-0.1, -0.05) is 19.1 Å². The lowest BCUT2D eigenvalue weighted by atomic mass is 10.2. The van der Waals surface area contributed by atoms with Gasteiger partial charge in [-0.05, 0) is 49.7 Å². The molecule has 0 aliphatic rings. The van der Waals surface area contributed by atoms with Gasteiger partial charge < -0.3 is 4.74 Å². The van der Waals surface area contributed by atoms with Gasteiger partial charge in [0.1, 0.15) is 11.6 Å². The average molecular weight is 448 g/mol. The minimum absolute atomic E-state index is 0.0132. The number of benzene rings is 2. The first-order valence-corrected chi connectivity index (χ1v) is 11.5. The first kappa shape index (κ1) is 23.1. The Morgan fingerprint density at radius 1 is 1.16 bits per heavy atom. The van der Waals surface area contributed by atoms with Crippen LogP contribution in [0.5, 0.6) is 0 Å². The molecule has 0 amide bonds. The summed E-state index contributed by atoms with van der Waals surface area (Å²) in [5.74, 6) is -0.182. The monoisotopic (exact) mass is 447 g/mol. The molecule has 0 bridgehead atoms. The van der Waals surface area contributed by atoms with Gasteiger partial charge in [0.05, 0.1) is 35.0 Å². The molecule has 0 aliphatic carbocycles. The number of halogens is 1. The Labute approximate surface area is 181 Å². The molecule has 0 aliphatic heterocycles. The van der Waals surface area contributed by atoms with Gasteiger partial charge in [-0.2, -0.15) is 4.31 Å². The zero-order valence-electron chi connectivity index (χ0n) is 17.8. The van der Waals surface area contributed by atoms with Gasteiger partial charge >= 0.3 is 0 Å². The van der Waals surface area contributed by atoms with Crippen molar-refractivity contribution < 1.29 is 17.5 Å². The van der Waals surface area contributed by atoms with Crippen LogP contribution in [-0.2, 0) is 21.3 Å². The van der Waals surface area contributed by atoms with Crippen molar-refractivity contribution in [2.24, 2.45) is 0 Å². The maximum atomic E-state index is 13.4. The van der Waals surface area contributed by atoms with Crippen LogP contribution in [0.3, 0.4) is 0 Å². The van der Waals surface area contributed by atoms with Crippen molar-refractivity contribution in [3.05, 3.63) is 70.5 Å². The van der Waals surface area contributed by atoms with E-state index in [1.54, 1.807) is 31.2 Å². The highest BCUT2D eigenvalue weighted by atomic mass is 32.2. The number of rotatable bonds is 9. The van der Waals surface area contributed by atoms with E-state index in [9.17, 15) is 17.6 Å². The molecule has 1 heterocycles. The summed E-state index contributed by atoms with van der Waals surface area (Å²) >= 11 is 0. The predicted octanol–water partition coefficient (Wildman–Crippen LogP) is 3.34. The lowest BCUT2D eigenvalue weighted by molar-refractivity contribution is 0.182. The van der Waals surface area contributed by atoms with E-state index in [1.165, 1.54) is 28.1 Å². The highest BCUT2D eigenvalue weighted by Gasteiger charge is 2.32. The fourth-order valence-electron chi connectivity index (χ4n) is 3.52. The Kier molecular flexibility index (Phi) is 7.19. The molecule has 0 saturated heterocycles. The average Bonchev–Trinajstić information content (AvgIpc) is 2.76. The number of nitrogens with zero attached hydrogens (tertiary/aromatic N) is 3. The second kappa shape index (κ2) is 9.67. The third kappa shape index (κ3) is 4.68. The number of hydrogen-bond acceptors (Lipinski definition) is 5. The van der Waals surface area contributed by atoms with E-state index < -0.39 is 21.9 Å². The van der Waals surface area contributed by atoms with Gasteiger partial charge in [-0.3, -0.25) is 9.36 Å². The zero-order chi connectivity index (χ0) is 22.6. The van der Waals surface area contributed by atoms with Gasteiger partial charge in [-0.25, -0.2) is 17.8 Å². The summed E-state index contributed by atoms with van der Waals surface area (Å²) in [7, 11) is -2.42. The van der Waals surface area contributed by atoms with Crippen molar-refractivity contribution in [1.82, 2.24) is 13.9 Å². The molecular weight excluding hydrogens is 421 g/mol. The largest absolute Gasteiger partial charge is 0.383 e. The minimum Gasteiger partial charge on any atom is -0.383 e. The summed E-state index contributed by atoms with van der Waals surface area (Å²) < 4.78 is 48.0. The van der Waals surface area contributed by atoms with Crippen LogP contribution in [0.25, 0.3) is 10.9 Å². The number of hydrogen-bond donors (Lipinski definition) is 0. The SMILES string of the molecule is CCCN(C(C)c1nc2ccccc2c(=O)n1CCOC)S(=O)(=O)c1ccc(F)cc1. The van der Waals surface area contributed by atoms with Crippen LogP contribution < -0.4 is 5.56 Å². The summed E-state index contributed by atoms with van der Waals surface area (Å²) in [6.07, 6.45) is 0.556. The molecule has 1 unspecified atom stereocenters. The van der Waals surface area contributed by atoms with Crippen molar-refractivity contribution in [2.45, 2.75) is 37.8 Å². The molecule has 0 fully saturated rings. The highest BCUT2D eigenvalue weighted by molar-refractivity contribution is 7.89. The Bertz CT molecular complexity index is 1210. The lowest BCUT2D eigenvalue weighted by Crippen LogP contribution is -2.38. The van der Waals surface area contributed by atoms with E-state index in [0.717, 1.165) is 12.1 Å². The van der Waals surface area contributed by atoms with Crippen molar-refractivity contribution >= 4 is 20.9 Å². The molecule has 31 heavy (non-hydrogen) atoms. The summed E-state index contributed by atoms with van der Waals surface area (Å²) in [4.78, 5) is 17.8. The van der Waals surface area contributed by atoms with Crippen LogP contribution in [0.15, 0.2) is 58.2 Å². The van der Waals surface area contributed by atoms with Crippen molar-refractivity contribution in [1.29, 1.82) is 0 Å². The maximum absolute atomic E-state index is 13.4. The fourth-order valence-corrected chi connectivity index (χ4v) is 5.20. The van der Waals surface area contributed by atoms with Gasteiger partial charge in [0, 0.05) is 13.7 Å². The van der Waals surface area contributed by atoms with E-state index in [2.05, 4.69) is 4.98 Å². The van der Waals surface area contributed by atoms with Crippen LogP contribution in [0.4, 0.5) is 4.39 Å². The Hall–Kier alpha value is -2.62. The number of fused-ring (bicyclic) bond motifs is 1. The molecule has 0 spiro atoms. The van der Waals surface area contributed by atoms with Crippen LogP contribution in [0.1, 0.15) is 32.1 Å². The highest BCUT2D eigenvalue weighted by Crippen LogP contribution is 2.27. The number of para-hydroxylation sites is 1. The normalized spacial score (nSPS) is 13.1. The summed E-state index contributed by atoms with van der Waals surface area (Å²) in [6.45, 7) is 4.30. The van der Waals surface area contributed by atoms with Crippen molar-refractivity contribution in [2.75, 3.05) is 20.3 Å². The second-order valence-corrected chi connectivity index (χ2v) is 9.07. The predicted molar refractivity (Wildman–Crippen MR) is 117 cm³/mol. The van der Waals surface area contributed by atoms with E-state index in [1.807, 2.05) is 6.92 Å². The smallest absolute Gasteiger partial charge is 0.261 e. The van der Waals surface area contributed by atoms with E-state index in [4.69, 9.17) is 4.74 Å². The Balaban J connectivity index is 2.16. The molecule has 9 heteroatoms. The Morgan fingerprint density at radius 2 is 1.84 bits per heavy atom. The summed E-state index contributed by atoms with van der Waals surface area (Å²) in [5.41, 5.74) is 0.249. The topological polar surface area (TPSA) is 81.5 Å². The standard InChI is InChI=1S/C22H26FN3O4S/c1-4-13-26(31(28,29)18-11-9-17(23)10-12-18)16(2)21-24-20-8-6-5-7-19(20)22(27)25(21)14-15-30-3/h5-12,16H,4,13-15H2,1-3H3. The third-order valence-electron chi connectivity index (χ3n) is 5.08. The summed E-state index contributed by atoms with van der Waals surface area (Å²) in [5, 5.41) is 0.456. The lowest BCUT2D eigenvalue weighted by Gasteiger charge is -2.29. The molecule has 0 radical (unpaired) electrons. The zero-order valence-corrected chi connectivity index (χ0v) is 18.6. The molecule has 3 rings (SSSR count). The molecule has 166 valence electrons. The van der Waals surface area contributed by atoms with Gasteiger partial charge in [-0.15, -0.1) is 0 Å². The molecule has 1 atom stereocenters. The number of aromatic nitrogens is 2. The second-order valence-electron chi connectivity index (χ2n) is 7.18. The van der Waals surface area contributed by atoms with Gasteiger partial charge in [0.15, 0.2) is 0 Å². The maximum Gasteiger partial charge on any atom is 0.261 e. The van der Waals surface area contributed by atoms with Gasteiger partial charge in [0.25, 0.3) is 5.56 Å². The number of methoxy groups -OCH3 is 1. The molecular formula is C22H26FN3O4S. The van der Waals surface area contributed by atoms with Crippen molar-refractivity contribution in [3.63, 3.8) is 0 Å². The van der Waals surface area contributed by atoms with Crippen LogP contribution in [0, 0.1) is 5.82 Å². The number of ether oxygens (including phenoxy) is 1. The third-order valence-corrected chi connectivity index (χ3v) is 7.06. The van der Waals surface area contributed by atoms with E-state index in [0.29, 0.717) is 23.1 Å². The van der Waals surface area contributed by atoms with Gasteiger partial charge in [0.2, 0.25) is 10.0 Å². The minimum atomic E-state index is -3.95. The molecule has 3 aromatic rings. The van der Waals surface area contributed by atoms with Crippen LogP contribution in [-0.4, -0.2) is 42.5 Å². The van der Waals surface area contributed by atoms with E-state index in [-0.39, 0.29) is 30.2 Å². The fraction of sp³-hybridized carbons (Fsp3) is 0.364. The summed E-state index contributed by atoms with van der Waals surface area (Å²) in [6, 6.07) is 10.9. The molecule has 2 aromatic carbocycles. The molecule has 7 nitrogen and oxygen atoms in total. The van der Waals surface area contributed by atoms with E-state index >= 15 is 0 Å². The number of sulfonamides is 1. The quantitative estimate of drug-likeness (QED) is 0.503. The van der Waals surface area contributed by atoms with Crippen LogP contribution >= 0.6 is 0 Å². The van der Waals surface area contributed by atoms with Crippen molar-refractivity contribution in [3.8, 4) is 0 Å².